The summed E-state index contributed by atoms with van der Waals surface area (Å²) in [6, 6.07) is 11.8. The molecule has 0 aliphatic carbocycles. The summed E-state index contributed by atoms with van der Waals surface area (Å²) >= 11 is 0. The zero-order valence-electron chi connectivity index (χ0n) is 20.8. The lowest BCUT2D eigenvalue weighted by Gasteiger charge is -2.18. The number of carbonyl (C=O) groups excluding carboxylic acids is 5. The Morgan fingerprint density at radius 3 is 1.51 bits per heavy atom. The first-order valence-electron chi connectivity index (χ1n) is 9.84. The minimum Gasteiger partial charge on any atom is -0.465 e. The van der Waals surface area contributed by atoms with Crippen molar-refractivity contribution in [3.8, 4) is 0 Å². The van der Waals surface area contributed by atoms with Gasteiger partial charge in [-0.05, 0) is 51.1 Å². The Morgan fingerprint density at radius 1 is 0.757 bits per heavy atom. The summed E-state index contributed by atoms with van der Waals surface area (Å²) in [6.45, 7) is 5.01. The Bertz CT molecular complexity index is 1040. The molecule has 0 atom stereocenters. The summed E-state index contributed by atoms with van der Waals surface area (Å²) in [7, 11) is 2.52. The molecule has 0 saturated carbocycles. The first-order chi connectivity index (χ1) is 16.4. The molecule has 12 nitrogen and oxygen atoms in total. The summed E-state index contributed by atoms with van der Waals surface area (Å²) in [6.07, 6.45) is 0. The second-order valence-corrected chi connectivity index (χ2v) is 7.45. The topological polar surface area (TPSA) is 199 Å². The third-order valence-corrected chi connectivity index (χ3v) is 3.81. The van der Waals surface area contributed by atoms with Crippen LogP contribution in [0.1, 0.15) is 62.2 Å². The van der Waals surface area contributed by atoms with Gasteiger partial charge in [-0.1, -0.05) is 18.2 Å². The van der Waals surface area contributed by atoms with Gasteiger partial charge in [0, 0.05) is 11.1 Å². The Balaban J connectivity index is -0.000000576. The summed E-state index contributed by atoms with van der Waals surface area (Å²) in [5.74, 6) is 1.70. The number of methoxy groups -OCH3 is 2. The van der Waals surface area contributed by atoms with E-state index < -0.39 is 35.2 Å². The molecule has 0 radical (unpaired) electrons. The van der Waals surface area contributed by atoms with E-state index in [1.54, 1.807) is 39.0 Å². The number of hydrogen-bond acceptors (Lipinski definition) is 11. The molecule has 0 saturated heterocycles. The molecule has 5 N–H and O–H groups in total. The normalized spacial score (nSPS) is 9.14. The predicted octanol–water partition coefficient (Wildman–Crippen LogP) is 3.51. The second kappa shape index (κ2) is 18.4. The van der Waals surface area contributed by atoms with Gasteiger partial charge in [-0.15, -0.1) is 24.8 Å². The molecule has 0 fully saturated rings. The minimum atomic E-state index is -0.950. The van der Waals surface area contributed by atoms with E-state index in [0.29, 0.717) is 11.1 Å². The molecular weight excluding hydrogens is 531 g/mol. The van der Waals surface area contributed by atoms with Gasteiger partial charge in [0.25, 0.3) is 11.7 Å². The maximum absolute atomic E-state index is 11.9. The van der Waals surface area contributed by atoms with Gasteiger partial charge in [-0.2, -0.15) is 0 Å². The third kappa shape index (κ3) is 13.1. The number of esters is 3. The van der Waals surface area contributed by atoms with Crippen molar-refractivity contribution >= 4 is 54.4 Å². The van der Waals surface area contributed by atoms with E-state index in [0.717, 1.165) is 0 Å². The summed E-state index contributed by atoms with van der Waals surface area (Å²) in [5, 5.41) is 0. The molecule has 2 aromatic rings. The van der Waals surface area contributed by atoms with Gasteiger partial charge >= 0.3 is 17.9 Å². The van der Waals surface area contributed by atoms with Crippen molar-refractivity contribution in [3.05, 3.63) is 70.8 Å². The van der Waals surface area contributed by atoms with Crippen LogP contribution in [0.3, 0.4) is 0 Å². The van der Waals surface area contributed by atoms with Crippen LogP contribution in [0, 0.1) is 11.1 Å². The highest BCUT2D eigenvalue weighted by Crippen LogP contribution is 2.12. The molecule has 1 amide bonds. The fourth-order valence-electron chi connectivity index (χ4n) is 2.34. The summed E-state index contributed by atoms with van der Waals surface area (Å²) in [4.78, 5) is 57.0. The number of hydrazine groups is 1. The van der Waals surface area contributed by atoms with E-state index in [2.05, 4.69) is 9.47 Å². The lowest BCUT2D eigenvalue weighted by atomic mass is 10.1. The van der Waals surface area contributed by atoms with Crippen LogP contribution in [0.15, 0.2) is 48.5 Å². The molecule has 37 heavy (non-hydrogen) atoms. The van der Waals surface area contributed by atoms with Gasteiger partial charge in [0.1, 0.15) is 5.60 Å². The Hall–Kier alpha value is -3.87. The van der Waals surface area contributed by atoms with Gasteiger partial charge < -0.3 is 14.2 Å². The molecule has 2 rings (SSSR count). The number of ether oxygens (including phenoxy) is 3. The Labute approximate surface area is 226 Å². The van der Waals surface area contributed by atoms with E-state index in [1.807, 2.05) is 5.43 Å². The molecule has 0 bridgehead atoms. The largest absolute Gasteiger partial charge is 0.465 e. The van der Waals surface area contributed by atoms with Gasteiger partial charge in [-0.3, -0.25) is 15.0 Å². The number of Topliss-reactive ketones (excluding diaryl/α,β-unsaturated/α-hetero) is 1. The quantitative estimate of drug-likeness (QED) is 0.0616. The van der Waals surface area contributed by atoms with Crippen LogP contribution in [-0.4, -0.2) is 49.4 Å². The zero-order chi connectivity index (χ0) is 27.2. The lowest BCUT2D eigenvalue weighted by Crippen LogP contribution is -2.30. The van der Waals surface area contributed by atoms with Crippen molar-refractivity contribution in [1.29, 1.82) is 11.1 Å². The first kappa shape index (κ1) is 37.7. The average molecular weight is 561 g/mol. The first-order valence-corrected chi connectivity index (χ1v) is 9.84. The zero-order valence-corrected chi connectivity index (χ0v) is 22.4. The molecule has 204 valence electrons. The summed E-state index contributed by atoms with van der Waals surface area (Å²) < 4.78 is 14.0. The standard InChI is InChI=1S/C14H16O5.C9H10N2O3.2ClH.H2N2/c1-14(2,3)19-13(17)11(15)9-6-5-7-10(8-9)12(16)18-4;1-14-9(13)7-4-2-3-6(5-7)8(12)11-10;;;1-2/h5-8H,1-4H3;2-5H,10H2,1H3,(H,11,12);2*1H;1-2H. The van der Waals surface area contributed by atoms with Crippen molar-refractivity contribution in [3.63, 3.8) is 0 Å². The van der Waals surface area contributed by atoms with Crippen molar-refractivity contribution in [1.82, 2.24) is 5.43 Å². The van der Waals surface area contributed by atoms with Crippen LogP contribution in [0.4, 0.5) is 0 Å². The number of carbonyl (C=O) groups is 5. The maximum Gasteiger partial charge on any atom is 0.380 e. The van der Waals surface area contributed by atoms with Crippen LogP contribution in [-0.2, 0) is 19.0 Å². The number of nitrogens with one attached hydrogen (secondary N) is 3. The maximum atomic E-state index is 11.9. The molecule has 0 unspecified atom stereocenters. The average Bonchev–Trinajstić information content (AvgIpc) is 2.87. The fourth-order valence-corrected chi connectivity index (χ4v) is 2.34. The number of nitrogen functional groups attached to an aromatic ring is 1. The van der Waals surface area contributed by atoms with E-state index in [1.165, 1.54) is 44.6 Å². The molecule has 0 aromatic heterocycles. The van der Waals surface area contributed by atoms with E-state index in [4.69, 9.17) is 21.6 Å². The van der Waals surface area contributed by atoms with Crippen LogP contribution in [0.25, 0.3) is 0 Å². The van der Waals surface area contributed by atoms with E-state index >= 15 is 0 Å². The van der Waals surface area contributed by atoms with Gasteiger partial charge in [-0.25, -0.2) is 31.3 Å². The van der Waals surface area contributed by atoms with Gasteiger partial charge in [0.15, 0.2) is 0 Å². The number of nitrogens with two attached hydrogens (primary N) is 1. The Kier molecular flexibility index (Phi) is 18.7. The monoisotopic (exact) mass is 560 g/mol. The van der Waals surface area contributed by atoms with Crippen LogP contribution in [0.5, 0.6) is 0 Å². The molecule has 0 aliphatic heterocycles. The van der Waals surface area contributed by atoms with Crippen LogP contribution < -0.4 is 11.3 Å². The second-order valence-electron chi connectivity index (χ2n) is 7.45. The lowest BCUT2D eigenvalue weighted by molar-refractivity contribution is -0.148. The number of amides is 1. The van der Waals surface area contributed by atoms with Crippen LogP contribution >= 0.6 is 24.8 Å². The molecular formula is C23H30Cl2N4O8. The highest BCUT2D eigenvalue weighted by Gasteiger charge is 2.24. The minimum absolute atomic E-state index is 0. The highest BCUT2D eigenvalue weighted by atomic mass is 35.5. The predicted molar refractivity (Wildman–Crippen MR) is 137 cm³/mol. The van der Waals surface area contributed by atoms with Crippen molar-refractivity contribution in [2.24, 2.45) is 5.84 Å². The highest BCUT2D eigenvalue weighted by molar-refractivity contribution is 6.40. The van der Waals surface area contributed by atoms with Crippen LogP contribution in [0.2, 0.25) is 0 Å². The summed E-state index contributed by atoms with van der Waals surface area (Å²) in [5.41, 5.74) is 12.2. The van der Waals surface area contributed by atoms with Crippen molar-refractivity contribution in [2.45, 2.75) is 26.4 Å². The van der Waals surface area contributed by atoms with Gasteiger partial charge in [0.05, 0.1) is 25.3 Å². The van der Waals surface area contributed by atoms with Gasteiger partial charge in [0.2, 0.25) is 0 Å². The Morgan fingerprint density at radius 2 is 1.14 bits per heavy atom. The molecule has 0 aliphatic rings. The van der Waals surface area contributed by atoms with Crippen molar-refractivity contribution < 1.29 is 38.2 Å². The van der Waals surface area contributed by atoms with Crippen molar-refractivity contribution in [2.75, 3.05) is 14.2 Å². The molecule has 0 spiro atoms. The number of rotatable bonds is 5. The number of hydrogen-bond donors (Lipinski definition) is 4. The number of benzene rings is 2. The van der Waals surface area contributed by atoms with E-state index in [9.17, 15) is 24.0 Å². The SMILES string of the molecule is COC(=O)c1cccc(C(=O)C(=O)OC(C)(C)C)c1.COC(=O)c1cccc(C(=O)NN)c1.Cl.Cl.N=N. The number of halogens is 2. The molecule has 14 heteroatoms. The smallest absolute Gasteiger partial charge is 0.380 e. The third-order valence-electron chi connectivity index (χ3n) is 3.81. The fraction of sp³-hybridized carbons (Fsp3) is 0.261. The number of ketones is 1. The molecule has 0 heterocycles. The molecule has 2 aromatic carbocycles. The van der Waals surface area contributed by atoms with E-state index in [-0.39, 0.29) is 35.9 Å².